The molecule has 118 valence electrons. The number of ether oxygens (including phenoxy) is 1. The smallest absolute Gasteiger partial charge is 0.457 e. The second-order valence-electron chi connectivity index (χ2n) is 5.69. The van der Waals surface area contributed by atoms with E-state index in [9.17, 15) is 9.59 Å². The van der Waals surface area contributed by atoms with Crippen LogP contribution in [0, 0.1) is 6.92 Å². The third-order valence-corrected chi connectivity index (χ3v) is 3.76. The van der Waals surface area contributed by atoms with Crippen LogP contribution in [0.15, 0.2) is 37.9 Å². The second kappa shape index (κ2) is 6.22. The van der Waals surface area contributed by atoms with Gasteiger partial charge in [-0.1, -0.05) is 31.2 Å². The van der Waals surface area contributed by atoms with Gasteiger partial charge in [-0.2, -0.15) is 0 Å². The normalized spacial score (nSPS) is 11.5. The van der Waals surface area contributed by atoms with Crippen LogP contribution >= 0.6 is 0 Å². The van der Waals surface area contributed by atoms with E-state index >= 15 is 0 Å². The molecule has 5 nitrogen and oxygen atoms in total. The molecule has 0 radical (unpaired) electrons. The number of hydrogen-bond acceptors (Lipinski definition) is 5. The van der Waals surface area contributed by atoms with Crippen molar-refractivity contribution < 1.29 is 18.4 Å². The van der Waals surface area contributed by atoms with Crippen molar-refractivity contribution in [1.29, 1.82) is 0 Å². The maximum atomic E-state index is 12.3. The molecule has 1 heterocycles. The zero-order valence-corrected chi connectivity index (χ0v) is 13.3. The van der Waals surface area contributed by atoms with Crippen LogP contribution in [0.3, 0.4) is 0 Å². The largest absolute Gasteiger partial charge is 0.519 e. The molecule has 1 aromatic carbocycles. The second-order valence-corrected chi connectivity index (χ2v) is 5.69. The van der Waals surface area contributed by atoms with Gasteiger partial charge in [0.05, 0.1) is 5.41 Å². The summed E-state index contributed by atoms with van der Waals surface area (Å²) in [5.41, 5.74) is 1.30. The number of hydrogen-bond donors (Lipinski definition) is 0. The minimum atomic E-state index is -0.794. The van der Waals surface area contributed by atoms with Crippen molar-refractivity contribution in [1.82, 2.24) is 0 Å². The molecule has 0 saturated carbocycles. The Kier molecular flexibility index (Phi) is 4.54. The number of rotatable bonds is 5. The molecule has 2 aromatic rings. The Labute approximate surface area is 128 Å². The predicted octanol–water partition coefficient (Wildman–Crippen LogP) is 3.12. The van der Waals surface area contributed by atoms with E-state index in [0.29, 0.717) is 5.76 Å². The molecule has 0 saturated heterocycles. The van der Waals surface area contributed by atoms with E-state index in [1.807, 2.05) is 24.3 Å². The first-order valence-electron chi connectivity index (χ1n) is 7.20. The lowest BCUT2D eigenvalue weighted by molar-refractivity contribution is -0.151. The summed E-state index contributed by atoms with van der Waals surface area (Å²) < 4.78 is 14.8. The summed E-state index contributed by atoms with van der Waals surface area (Å²) in [5.74, 6) is -0.628. The summed E-state index contributed by atoms with van der Waals surface area (Å²) in [6.07, 6.45) is 0.948. The molecule has 0 spiro atoms. The molecule has 0 aliphatic carbocycles. The third kappa shape index (κ3) is 3.30. The van der Waals surface area contributed by atoms with Gasteiger partial charge in [0.25, 0.3) is 0 Å². The van der Waals surface area contributed by atoms with Crippen LogP contribution in [-0.2, 0) is 28.0 Å². The number of benzene rings is 1. The first kappa shape index (κ1) is 16.1. The zero-order chi connectivity index (χ0) is 16.3. The van der Waals surface area contributed by atoms with Crippen molar-refractivity contribution in [3.8, 4) is 0 Å². The van der Waals surface area contributed by atoms with Crippen LogP contribution < -0.4 is 5.82 Å². The van der Waals surface area contributed by atoms with Gasteiger partial charge in [-0.05, 0) is 38.3 Å². The SMILES string of the molecule is CCc1ccc(C(C)(C)C(=O)OCc2oc(=O)oc2C)cc1. The lowest BCUT2D eigenvalue weighted by Crippen LogP contribution is -2.31. The molecule has 0 bridgehead atoms. The van der Waals surface area contributed by atoms with Gasteiger partial charge in [0.1, 0.15) is 0 Å². The quantitative estimate of drug-likeness (QED) is 0.794. The molecule has 1 aromatic heterocycles. The highest BCUT2D eigenvalue weighted by Gasteiger charge is 2.32. The molecule has 2 rings (SSSR count). The van der Waals surface area contributed by atoms with Crippen molar-refractivity contribution in [3.63, 3.8) is 0 Å². The van der Waals surface area contributed by atoms with Gasteiger partial charge in [-0.3, -0.25) is 4.79 Å². The Hall–Kier alpha value is -2.30. The standard InChI is InChI=1S/C17H20O5/c1-5-12-6-8-13(9-7-12)17(3,4)15(18)20-10-14-11(2)21-16(19)22-14/h6-9H,5,10H2,1-4H3. The van der Waals surface area contributed by atoms with E-state index in [1.54, 1.807) is 20.8 Å². The average molecular weight is 304 g/mol. The fourth-order valence-corrected chi connectivity index (χ4v) is 2.09. The van der Waals surface area contributed by atoms with Gasteiger partial charge in [0, 0.05) is 0 Å². The zero-order valence-electron chi connectivity index (χ0n) is 13.3. The molecule has 0 aliphatic rings. The van der Waals surface area contributed by atoms with Crippen LogP contribution in [0.1, 0.15) is 43.4 Å². The lowest BCUT2D eigenvalue weighted by Gasteiger charge is -2.23. The van der Waals surface area contributed by atoms with E-state index in [-0.39, 0.29) is 18.3 Å². The molecular formula is C17H20O5. The van der Waals surface area contributed by atoms with Crippen LogP contribution in [0.2, 0.25) is 0 Å². The van der Waals surface area contributed by atoms with Gasteiger partial charge in [0.15, 0.2) is 18.1 Å². The molecular weight excluding hydrogens is 284 g/mol. The summed E-state index contributed by atoms with van der Waals surface area (Å²) in [6.45, 7) is 7.15. The van der Waals surface area contributed by atoms with Crippen molar-refractivity contribution in [2.75, 3.05) is 0 Å². The van der Waals surface area contributed by atoms with E-state index in [2.05, 4.69) is 6.92 Å². The fourth-order valence-electron chi connectivity index (χ4n) is 2.09. The average Bonchev–Trinajstić information content (AvgIpc) is 2.82. The highest BCUT2D eigenvalue weighted by Crippen LogP contribution is 2.26. The van der Waals surface area contributed by atoms with Gasteiger partial charge in [0.2, 0.25) is 0 Å². The topological polar surface area (TPSA) is 69.7 Å². The highest BCUT2D eigenvalue weighted by atomic mass is 16.6. The van der Waals surface area contributed by atoms with Crippen LogP contribution in [0.5, 0.6) is 0 Å². The maximum absolute atomic E-state index is 12.3. The van der Waals surface area contributed by atoms with Gasteiger partial charge in [-0.25, -0.2) is 4.79 Å². The summed E-state index contributed by atoms with van der Waals surface area (Å²) in [4.78, 5) is 23.3. The summed E-state index contributed by atoms with van der Waals surface area (Å²) in [5, 5.41) is 0. The number of carbonyl (C=O) groups excluding carboxylic acids is 1. The highest BCUT2D eigenvalue weighted by molar-refractivity contribution is 5.82. The fraction of sp³-hybridized carbons (Fsp3) is 0.412. The molecule has 0 unspecified atom stereocenters. The van der Waals surface area contributed by atoms with Crippen molar-refractivity contribution in [3.05, 3.63) is 57.5 Å². The van der Waals surface area contributed by atoms with Crippen LogP contribution in [0.4, 0.5) is 0 Å². The Bertz CT molecular complexity index is 703. The Morgan fingerprint density at radius 2 is 1.82 bits per heavy atom. The van der Waals surface area contributed by atoms with Gasteiger partial charge >= 0.3 is 11.8 Å². The first-order chi connectivity index (χ1) is 10.3. The van der Waals surface area contributed by atoms with E-state index in [4.69, 9.17) is 13.6 Å². The Morgan fingerprint density at radius 3 is 2.32 bits per heavy atom. The maximum Gasteiger partial charge on any atom is 0.519 e. The molecule has 0 atom stereocenters. The summed E-state index contributed by atoms with van der Waals surface area (Å²) in [6, 6.07) is 7.87. The first-order valence-corrected chi connectivity index (χ1v) is 7.20. The summed E-state index contributed by atoms with van der Waals surface area (Å²) >= 11 is 0. The summed E-state index contributed by atoms with van der Waals surface area (Å²) in [7, 11) is 0. The monoisotopic (exact) mass is 304 g/mol. The van der Waals surface area contributed by atoms with Crippen molar-refractivity contribution in [2.45, 2.75) is 46.1 Å². The number of carbonyl (C=O) groups is 1. The Balaban J connectivity index is 2.09. The molecule has 5 heteroatoms. The lowest BCUT2D eigenvalue weighted by atomic mass is 9.84. The van der Waals surface area contributed by atoms with Gasteiger partial charge < -0.3 is 13.6 Å². The number of aryl methyl sites for hydroxylation is 2. The molecule has 22 heavy (non-hydrogen) atoms. The molecule has 0 fully saturated rings. The third-order valence-electron chi connectivity index (χ3n) is 3.76. The molecule has 0 aliphatic heterocycles. The number of esters is 1. The molecule has 0 amide bonds. The van der Waals surface area contributed by atoms with E-state index in [1.165, 1.54) is 5.56 Å². The van der Waals surface area contributed by atoms with Crippen LogP contribution in [-0.4, -0.2) is 5.97 Å². The minimum absolute atomic E-state index is 0.118. The van der Waals surface area contributed by atoms with Crippen molar-refractivity contribution >= 4 is 5.97 Å². The minimum Gasteiger partial charge on any atom is -0.457 e. The van der Waals surface area contributed by atoms with E-state index < -0.39 is 11.2 Å². The van der Waals surface area contributed by atoms with Crippen molar-refractivity contribution in [2.24, 2.45) is 0 Å². The Morgan fingerprint density at radius 1 is 1.18 bits per heavy atom. The van der Waals surface area contributed by atoms with Gasteiger partial charge in [-0.15, -0.1) is 0 Å². The van der Waals surface area contributed by atoms with E-state index in [0.717, 1.165) is 12.0 Å². The van der Waals surface area contributed by atoms with Crippen LogP contribution in [0.25, 0.3) is 0 Å². The predicted molar refractivity (Wildman–Crippen MR) is 80.6 cm³/mol. The molecule has 0 N–H and O–H groups in total.